The lowest BCUT2D eigenvalue weighted by Crippen LogP contribution is -2.39. The van der Waals surface area contributed by atoms with Crippen molar-refractivity contribution in [2.24, 2.45) is 0 Å². The molecule has 4 nitrogen and oxygen atoms in total. The highest BCUT2D eigenvalue weighted by atomic mass is 16.5. The second-order valence-corrected chi connectivity index (χ2v) is 7.20. The van der Waals surface area contributed by atoms with Crippen LogP contribution in [0.5, 0.6) is 11.5 Å². The first kappa shape index (κ1) is 20.4. The summed E-state index contributed by atoms with van der Waals surface area (Å²) in [4.78, 5) is 2.60. The summed E-state index contributed by atoms with van der Waals surface area (Å²) < 4.78 is 10.9. The van der Waals surface area contributed by atoms with Crippen LogP contribution in [-0.4, -0.2) is 45.3 Å². The summed E-state index contributed by atoms with van der Waals surface area (Å²) >= 11 is 0. The normalized spacial score (nSPS) is 16.2. The van der Waals surface area contributed by atoms with Crippen molar-refractivity contribution in [1.82, 2.24) is 10.2 Å². The van der Waals surface area contributed by atoms with Crippen LogP contribution in [0.2, 0.25) is 0 Å². The third kappa shape index (κ3) is 5.60. The second kappa shape index (κ2) is 10.9. The largest absolute Gasteiger partial charge is 0.493 e. The lowest BCUT2D eigenvalue weighted by atomic mass is 10.0. The van der Waals surface area contributed by atoms with E-state index in [0.717, 1.165) is 37.7 Å². The number of nitrogens with one attached hydrogen (secondary N) is 1. The van der Waals surface area contributed by atoms with Gasteiger partial charge in [-0.25, -0.2) is 0 Å². The zero-order valence-corrected chi connectivity index (χ0v) is 17.1. The minimum absolute atomic E-state index is 0.338. The average Bonchev–Trinajstić information content (AvgIpc) is 2.77. The molecule has 1 heterocycles. The zero-order chi connectivity index (χ0) is 19.6. The molecule has 0 bridgehead atoms. The van der Waals surface area contributed by atoms with Crippen molar-refractivity contribution in [2.75, 3.05) is 40.4 Å². The Morgan fingerprint density at radius 3 is 2.43 bits per heavy atom. The van der Waals surface area contributed by atoms with Crippen LogP contribution >= 0.6 is 0 Å². The summed E-state index contributed by atoms with van der Waals surface area (Å²) in [5.41, 5.74) is 2.51. The van der Waals surface area contributed by atoms with Crippen molar-refractivity contribution in [3.05, 3.63) is 65.7 Å². The molecule has 3 rings (SSSR count). The first-order valence-corrected chi connectivity index (χ1v) is 10.2. The monoisotopic (exact) mass is 380 g/mol. The van der Waals surface area contributed by atoms with Gasteiger partial charge in [-0.05, 0) is 49.2 Å². The fraction of sp³-hybridized carbons (Fsp3) is 0.417. The van der Waals surface area contributed by atoms with Crippen molar-refractivity contribution >= 4 is 6.08 Å². The number of benzene rings is 2. The van der Waals surface area contributed by atoms with Gasteiger partial charge < -0.3 is 14.8 Å². The van der Waals surface area contributed by atoms with Crippen molar-refractivity contribution in [3.63, 3.8) is 0 Å². The van der Waals surface area contributed by atoms with E-state index in [1.165, 1.54) is 30.4 Å². The minimum atomic E-state index is 0.338. The van der Waals surface area contributed by atoms with Crippen LogP contribution in [-0.2, 0) is 0 Å². The lowest BCUT2D eigenvalue weighted by molar-refractivity contribution is 0.161. The van der Waals surface area contributed by atoms with Crippen LogP contribution in [0.15, 0.2) is 54.6 Å². The Balaban J connectivity index is 1.66. The molecule has 0 saturated carbocycles. The maximum atomic E-state index is 5.53. The van der Waals surface area contributed by atoms with Crippen molar-refractivity contribution < 1.29 is 9.47 Å². The molecule has 150 valence electrons. The molecule has 1 fully saturated rings. The summed E-state index contributed by atoms with van der Waals surface area (Å²) in [7, 11) is 3.38. The molecule has 4 heteroatoms. The van der Waals surface area contributed by atoms with E-state index in [0.29, 0.717) is 6.04 Å². The van der Waals surface area contributed by atoms with Gasteiger partial charge in [-0.3, -0.25) is 4.90 Å². The van der Waals surface area contributed by atoms with Gasteiger partial charge >= 0.3 is 0 Å². The van der Waals surface area contributed by atoms with Crippen LogP contribution in [0.1, 0.15) is 36.4 Å². The fourth-order valence-corrected chi connectivity index (χ4v) is 3.81. The quantitative estimate of drug-likeness (QED) is 0.648. The highest BCUT2D eigenvalue weighted by Crippen LogP contribution is 2.32. The summed E-state index contributed by atoms with van der Waals surface area (Å²) in [5.74, 6) is 1.58. The van der Waals surface area contributed by atoms with E-state index in [2.05, 4.69) is 58.8 Å². The van der Waals surface area contributed by atoms with Gasteiger partial charge in [0.2, 0.25) is 0 Å². The molecule has 1 aliphatic heterocycles. The number of ether oxygens (including phenoxy) is 2. The SMILES string of the molecule is COc1ccc(C(CNC/C=C/c2ccccc2)N2CCCCC2)cc1OC. The topological polar surface area (TPSA) is 33.7 Å². The summed E-state index contributed by atoms with van der Waals surface area (Å²) in [5, 5.41) is 3.62. The smallest absolute Gasteiger partial charge is 0.161 e. The Kier molecular flexibility index (Phi) is 7.94. The van der Waals surface area contributed by atoms with E-state index in [9.17, 15) is 0 Å². The van der Waals surface area contributed by atoms with Gasteiger partial charge in [0.25, 0.3) is 0 Å². The third-order valence-corrected chi connectivity index (χ3v) is 5.33. The van der Waals surface area contributed by atoms with E-state index in [1.54, 1.807) is 14.2 Å². The molecule has 0 radical (unpaired) electrons. The molecule has 0 aromatic heterocycles. The predicted octanol–water partition coefficient (Wildman–Crippen LogP) is 4.53. The molecule has 1 N–H and O–H groups in total. The van der Waals surface area contributed by atoms with Gasteiger partial charge in [-0.2, -0.15) is 0 Å². The average molecular weight is 381 g/mol. The maximum Gasteiger partial charge on any atom is 0.161 e. The predicted molar refractivity (Wildman–Crippen MR) is 116 cm³/mol. The van der Waals surface area contributed by atoms with Crippen LogP contribution in [0.25, 0.3) is 6.08 Å². The first-order chi connectivity index (χ1) is 13.8. The summed E-state index contributed by atoms with van der Waals surface area (Å²) in [6.07, 6.45) is 8.24. The molecular weight excluding hydrogens is 348 g/mol. The molecule has 0 spiro atoms. The van der Waals surface area contributed by atoms with Gasteiger partial charge in [0.05, 0.1) is 14.2 Å². The van der Waals surface area contributed by atoms with Gasteiger partial charge in [0.1, 0.15) is 0 Å². The van der Waals surface area contributed by atoms with E-state index < -0.39 is 0 Å². The van der Waals surface area contributed by atoms with Crippen LogP contribution in [0, 0.1) is 0 Å². The number of hydrogen-bond donors (Lipinski definition) is 1. The second-order valence-electron chi connectivity index (χ2n) is 7.20. The molecule has 28 heavy (non-hydrogen) atoms. The summed E-state index contributed by atoms with van der Waals surface area (Å²) in [6, 6.07) is 17.1. The molecule has 1 saturated heterocycles. The van der Waals surface area contributed by atoms with Gasteiger partial charge in [-0.1, -0.05) is 55.0 Å². The Morgan fingerprint density at radius 1 is 0.964 bits per heavy atom. The van der Waals surface area contributed by atoms with Gasteiger partial charge in [0.15, 0.2) is 11.5 Å². The number of nitrogens with zero attached hydrogens (tertiary/aromatic N) is 1. The number of methoxy groups -OCH3 is 2. The van der Waals surface area contributed by atoms with Crippen molar-refractivity contribution in [3.8, 4) is 11.5 Å². The van der Waals surface area contributed by atoms with Gasteiger partial charge in [0, 0.05) is 19.1 Å². The highest BCUT2D eigenvalue weighted by molar-refractivity contribution is 5.48. The third-order valence-electron chi connectivity index (χ3n) is 5.33. The molecule has 1 aliphatic rings. The molecular formula is C24H32N2O2. The van der Waals surface area contributed by atoms with Crippen LogP contribution < -0.4 is 14.8 Å². The molecule has 1 atom stereocenters. The van der Waals surface area contributed by atoms with E-state index in [-0.39, 0.29) is 0 Å². The summed E-state index contributed by atoms with van der Waals surface area (Å²) in [6.45, 7) is 4.07. The maximum absolute atomic E-state index is 5.53. The molecule has 1 unspecified atom stereocenters. The van der Waals surface area contributed by atoms with E-state index >= 15 is 0 Å². The van der Waals surface area contributed by atoms with Gasteiger partial charge in [-0.15, -0.1) is 0 Å². The first-order valence-electron chi connectivity index (χ1n) is 10.2. The number of hydrogen-bond acceptors (Lipinski definition) is 4. The lowest BCUT2D eigenvalue weighted by Gasteiger charge is -2.35. The number of rotatable bonds is 9. The Labute approximate surface area is 169 Å². The van der Waals surface area contributed by atoms with E-state index in [4.69, 9.17) is 9.47 Å². The molecule has 0 amide bonds. The number of piperidine rings is 1. The Morgan fingerprint density at radius 2 is 1.71 bits per heavy atom. The minimum Gasteiger partial charge on any atom is -0.493 e. The van der Waals surface area contributed by atoms with Crippen LogP contribution in [0.4, 0.5) is 0 Å². The fourth-order valence-electron chi connectivity index (χ4n) is 3.81. The van der Waals surface area contributed by atoms with Crippen LogP contribution in [0.3, 0.4) is 0 Å². The number of likely N-dealkylation sites (tertiary alicyclic amines) is 1. The highest BCUT2D eigenvalue weighted by Gasteiger charge is 2.23. The van der Waals surface area contributed by atoms with Crippen molar-refractivity contribution in [1.29, 1.82) is 0 Å². The molecule has 2 aromatic carbocycles. The Hall–Kier alpha value is -2.30. The standard InChI is InChI=1S/C24H32N2O2/c1-27-23-14-13-21(18-24(23)28-2)22(26-16-7-4-8-17-26)19-25-15-9-12-20-10-5-3-6-11-20/h3,5-6,9-14,18,22,25H,4,7-8,15-17,19H2,1-2H3/b12-9+. The van der Waals surface area contributed by atoms with E-state index in [1.807, 2.05) is 12.1 Å². The Bertz CT molecular complexity index is 740. The zero-order valence-electron chi connectivity index (χ0n) is 17.1. The molecule has 0 aliphatic carbocycles. The molecule has 2 aromatic rings. The van der Waals surface area contributed by atoms with Crippen molar-refractivity contribution in [2.45, 2.75) is 25.3 Å².